The fourth-order valence-corrected chi connectivity index (χ4v) is 3.54. The van der Waals surface area contributed by atoms with Gasteiger partial charge in [-0.25, -0.2) is 4.98 Å². The summed E-state index contributed by atoms with van der Waals surface area (Å²) in [6, 6.07) is 11.1. The number of rotatable bonds is 3. The maximum Gasteiger partial charge on any atom is 0.289 e. The lowest BCUT2D eigenvalue weighted by Gasteiger charge is -2.35. The van der Waals surface area contributed by atoms with Crippen molar-refractivity contribution in [2.24, 2.45) is 0 Å². The Bertz CT molecular complexity index is 931. The molecular weight excluding hydrogens is 420 g/mol. The molecule has 0 spiro atoms. The van der Waals surface area contributed by atoms with E-state index in [1.165, 1.54) is 0 Å². The number of carbonyl (C=O) groups is 1. The normalized spacial score (nSPS) is 14.7. The van der Waals surface area contributed by atoms with Gasteiger partial charge in [-0.3, -0.25) is 9.36 Å². The van der Waals surface area contributed by atoms with Gasteiger partial charge in [-0.1, -0.05) is 17.7 Å². The molecule has 26 heavy (non-hydrogen) atoms. The van der Waals surface area contributed by atoms with Gasteiger partial charge in [0.25, 0.3) is 5.91 Å². The maximum atomic E-state index is 12.5. The number of piperazine rings is 1. The third kappa shape index (κ3) is 3.37. The number of hydrogen-bond donors (Lipinski definition) is 0. The summed E-state index contributed by atoms with van der Waals surface area (Å²) >= 11 is 9.34. The predicted molar refractivity (Wildman–Crippen MR) is 103 cm³/mol. The number of benzene rings is 1. The van der Waals surface area contributed by atoms with Crippen molar-refractivity contribution in [2.75, 3.05) is 31.1 Å². The van der Waals surface area contributed by atoms with E-state index in [0.29, 0.717) is 41.6 Å². The average Bonchev–Trinajstić information content (AvgIpc) is 3.30. The second-order valence-corrected chi connectivity index (χ2v) is 7.18. The molecule has 2 aromatic heterocycles. The number of furan rings is 1. The summed E-state index contributed by atoms with van der Waals surface area (Å²) in [5.74, 6) is 1.11. The molecule has 1 fully saturated rings. The van der Waals surface area contributed by atoms with Crippen molar-refractivity contribution in [3.05, 3.63) is 64.2 Å². The molecule has 0 bridgehead atoms. The highest BCUT2D eigenvalue weighted by molar-refractivity contribution is 9.10. The number of anilines is 1. The summed E-state index contributed by atoms with van der Waals surface area (Å²) in [6.07, 6.45) is 3.69. The fraction of sp³-hybridized carbons (Fsp3) is 0.222. The molecule has 1 aliphatic rings. The van der Waals surface area contributed by atoms with Crippen molar-refractivity contribution in [3.8, 4) is 5.69 Å². The monoisotopic (exact) mass is 434 g/mol. The van der Waals surface area contributed by atoms with Gasteiger partial charge in [-0.05, 0) is 46.3 Å². The molecule has 1 aliphatic heterocycles. The van der Waals surface area contributed by atoms with Gasteiger partial charge in [0.05, 0.1) is 0 Å². The first kappa shape index (κ1) is 17.2. The van der Waals surface area contributed by atoms with Gasteiger partial charge in [0.2, 0.25) is 5.95 Å². The molecule has 0 atom stereocenters. The minimum absolute atomic E-state index is 0.0893. The average molecular weight is 436 g/mol. The summed E-state index contributed by atoms with van der Waals surface area (Å²) in [6.45, 7) is 2.62. The smallest absolute Gasteiger partial charge is 0.289 e. The Hall–Kier alpha value is -2.25. The Labute approximate surface area is 164 Å². The van der Waals surface area contributed by atoms with Crippen molar-refractivity contribution in [2.45, 2.75) is 0 Å². The molecular formula is C18H16BrClN4O2. The van der Waals surface area contributed by atoms with Gasteiger partial charge in [0, 0.05) is 49.3 Å². The molecule has 0 radical (unpaired) electrons. The quantitative estimate of drug-likeness (QED) is 0.627. The number of hydrogen-bond acceptors (Lipinski definition) is 4. The number of carbonyl (C=O) groups excluding carboxylic acids is 1. The number of amides is 1. The zero-order valence-corrected chi connectivity index (χ0v) is 16.2. The van der Waals surface area contributed by atoms with E-state index in [2.05, 4.69) is 25.8 Å². The van der Waals surface area contributed by atoms with Crippen LogP contribution < -0.4 is 4.90 Å². The van der Waals surface area contributed by atoms with E-state index in [4.69, 9.17) is 16.0 Å². The molecule has 8 heteroatoms. The highest BCUT2D eigenvalue weighted by atomic mass is 79.9. The van der Waals surface area contributed by atoms with Crippen LogP contribution in [-0.2, 0) is 0 Å². The van der Waals surface area contributed by atoms with Gasteiger partial charge in [-0.15, -0.1) is 0 Å². The molecule has 1 amide bonds. The topological polar surface area (TPSA) is 54.5 Å². The van der Waals surface area contributed by atoms with Gasteiger partial charge in [0.1, 0.15) is 0 Å². The number of imidazole rings is 1. The van der Waals surface area contributed by atoms with E-state index in [9.17, 15) is 4.79 Å². The highest BCUT2D eigenvalue weighted by Gasteiger charge is 2.26. The lowest BCUT2D eigenvalue weighted by molar-refractivity contribution is 0.0712. The largest absolute Gasteiger partial charge is 0.444 e. The molecule has 3 aromatic rings. The standard InChI is InChI=1S/C18H16BrClN4O2/c19-16-5-4-15(26-16)17(25)22-8-10-23(11-9-22)18-21-6-7-24(18)14-3-1-2-13(20)12-14/h1-7,12H,8-11H2. The molecule has 3 heterocycles. The molecule has 1 saturated heterocycles. The van der Waals surface area contributed by atoms with E-state index in [1.54, 1.807) is 23.2 Å². The Kier molecular flexibility index (Phi) is 4.74. The third-order valence-corrected chi connectivity index (χ3v) is 5.00. The van der Waals surface area contributed by atoms with Crippen molar-refractivity contribution in [1.29, 1.82) is 0 Å². The first-order chi connectivity index (χ1) is 12.6. The van der Waals surface area contributed by atoms with Crippen LogP contribution in [0.25, 0.3) is 5.69 Å². The molecule has 4 rings (SSSR count). The number of nitrogens with zero attached hydrogens (tertiary/aromatic N) is 4. The van der Waals surface area contributed by atoms with Crippen LogP contribution in [-0.4, -0.2) is 46.5 Å². The first-order valence-corrected chi connectivity index (χ1v) is 9.38. The van der Waals surface area contributed by atoms with Crippen molar-refractivity contribution < 1.29 is 9.21 Å². The molecule has 0 N–H and O–H groups in total. The van der Waals surface area contributed by atoms with E-state index < -0.39 is 0 Å². The van der Waals surface area contributed by atoms with E-state index in [-0.39, 0.29) is 5.91 Å². The zero-order chi connectivity index (χ0) is 18.1. The summed E-state index contributed by atoms with van der Waals surface area (Å²) in [5, 5.41) is 0.683. The summed E-state index contributed by atoms with van der Waals surface area (Å²) in [7, 11) is 0. The van der Waals surface area contributed by atoms with Gasteiger partial charge < -0.3 is 14.2 Å². The van der Waals surface area contributed by atoms with Gasteiger partial charge >= 0.3 is 0 Å². The zero-order valence-electron chi connectivity index (χ0n) is 13.8. The van der Waals surface area contributed by atoms with Crippen molar-refractivity contribution in [1.82, 2.24) is 14.5 Å². The Balaban J connectivity index is 1.47. The van der Waals surface area contributed by atoms with E-state index in [0.717, 1.165) is 11.6 Å². The minimum atomic E-state index is -0.0893. The summed E-state index contributed by atoms with van der Waals surface area (Å²) in [4.78, 5) is 21.0. The van der Waals surface area contributed by atoms with Crippen LogP contribution in [0, 0.1) is 0 Å². The van der Waals surface area contributed by atoms with Crippen LogP contribution in [0.5, 0.6) is 0 Å². The van der Waals surface area contributed by atoms with E-state index >= 15 is 0 Å². The molecule has 0 aliphatic carbocycles. The predicted octanol–water partition coefficient (Wildman–Crippen LogP) is 3.84. The van der Waals surface area contributed by atoms with Crippen LogP contribution in [0.4, 0.5) is 5.95 Å². The highest BCUT2D eigenvalue weighted by Crippen LogP contribution is 2.23. The SMILES string of the molecule is O=C(c1ccc(Br)o1)N1CCN(c2nccn2-c2cccc(Cl)c2)CC1. The lowest BCUT2D eigenvalue weighted by atomic mass is 10.3. The van der Waals surface area contributed by atoms with Crippen LogP contribution in [0.2, 0.25) is 5.02 Å². The van der Waals surface area contributed by atoms with Gasteiger partial charge in [0.15, 0.2) is 10.4 Å². The molecule has 134 valence electrons. The fourth-order valence-electron chi connectivity index (χ4n) is 3.05. The number of aromatic nitrogens is 2. The minimum Gasteiger partial charge on any atom is -0.444 e. The van der Waals surface area contributed by atoms with Crippen LogP contribution >= 0.6 is 27.5 Å². The van der Waals surface area contributed by atoms with Crippen molar-refractivity contribution >= 4 is 39.4 Å². The Morgan fingerprint density at radius 2 is 1.96 bits per heavy atom. The Morgan fingerprint density at radius 3 is 2.65 bits per heavy atom. The summed E-state index contributed by atoms with van der Waals surface area (Å²) in [5.41, 5.74) is 0.962. The van der Waals surface area contributed by atoms with E-state index in [1.807, 2.05) is 35.0 Å². The first-order valence-electron chi connectivity index (χ1n) is 8.21. The molecule has 0 saturated carbocycles. The molecule has 1 aromatic carbocycles. The van der Waals surface area contributed by atoms with Gasteiger partial charge in [-0.2, -0.15) is 0 Å². The van der Waals surface area contributed by atoms with Crippen LogP contribution in [0.3, 0.4) is 0 Å². The van der Waals surface area contributed by atoms with Crippen LogP contribution in [0.15, 0.2) is 57.9 Å². The molecule has 0 unspecified atom stereocenters. The maximum absolute atomic E-state index is 12.5. The second kappa shape index (κ2) is 7.17. The lowest BCUT2D eigenvalue weighted by Crippen LogP contribution is -2.49. The van der Waals surface area contributed by atoms with Crippen LogP contribution in [0.1, 0.15) is 10.6 Å². The third-order valence-electron chi connectivity index (χ3n) is 4.34. The second-order valence-electron chi connectivity index (χ2n) is 5.96. The Morgan fingerprint density at radius 1 is 1.15 bits per heavy atom. The van der Waals surface area contributed by atoms with Crippen molar-refractivity contribution in [3.63, 3.8) is 0 Å². The molecule has 6 nitrogen and oxygen atoms in total. The summed E-state index contributed by atoms with van der Waals surface area (Å²) < 4.78 is 7.93. The number of halogens is 2.